The van der Waals surface area contributed by atoms with Gasteiger partial charge < -0.3 is 4.40 Å². The van der Waals surface area contributed by atoms with Crippen LogP contribution in [0.4, 0.5) is 0 Å². The molecule has 0 N–H and O–H groups in total. The summed E-state index contributed by atoms with van der Waals surface area (Å²) in [6.07, 6.45) is 3.67. The van der Waals surface area contributed by atoms with Crippen molar-refractivity contribution < 1.29 is 0 Å². The lowest BCUT2D eigenvalue weighted by Crippen LogP contribution is -2.15. The van der Waals surface area contributed by atoms with Crippen molar-refractivity contribution in [1.29, 1.82) is 0 Å². The average molecular weight is 654 g/mol. The Morgan fingerprint density at radius 2 is 0.745 bits per heavy atom. The molecule has 0 fully saturated rings. The Hall–Kier alpha value is -6.84. The van der Waals surface area contributed by atoms with Crippen LogP contribution in [0.1, 0.15) is 11.1 Å². The van der Waals surface area contributed by atoms with Crippen LogP contribution in [0.3, 0.4) is 0 Å². The largest absolute Gasteiger partial charge is 0.307 e. The van der Waals surface area contributed by atoms with Crippen LogP contribution >= 0.6 is 0 Å². The van der Waals surface area contributed by atoms with Gasteiger partial charge in [-0.25, -0.2) is 0 Å². The van der Waals surface area contributed by atoms with Crippen molar-refractivity contribution in [3.05, 3.63) is 196 Å². The third kappa shape index (κ3) is 4.82. The van der Waals surface area contributed by atoms with E-state index in [0.717, 1.165) is 66.7 Å². The normalized spacial score (nSPS) is 11.5. The maximum atomic E-state index is 14.7. The van der Waals surface area contributed by atoms with E-state index in [4.69, 9.17) is 0 Å². The molecule has 0 saturated carbocycles. The van der Waals surface area contributed by atoms with Crippen molar-refractivity contribution in [2.45, 2.75) is 0 Å². The van der Waals surface area contributed by atoms with Crippen LogP contribution in [-0.4, -0.2) is 4.40 Å². The second kappa shape index (κ2) is 11.9. The summed E-state index contributed by atoms with van der Waals surface area (Å²) in [5.41, 5.74) is 11.9. The third-order valence-corrected chi connectivity index (χ3v) is 10.1. The van der Waals surface area contributed by atoms with Crippen molar-refractivity contribution >= 4 is 50.2 Å². The summed E-state index contributed by atoms with van der Waals surface area (Å²) in [6.45, 7) is 7.74. The molecule has 0 aliphatic carbocycles. The summed E-state index contributed by atoms with van der Waals surface area (Å²) >= 11 is 0. The number of hydrogen-bond acceptors (Lipinski definition) is 2. The summed E-state index contributed by atoms with van der Waals surface area (Å²) in [7, 11) is 0. The molecule has 0 amide bonds. The van der Waals surface area contributed by atoms with Gasteiger partial charge in [-0.2, -0.15) is 0 Å². The first-order valence-electron chi connectivity index (χ1n) is 17.0. The minimum absolute atomic E-state index is 0.0887. The van der Waals surface area contributed by atoms with Crippen molar-refractivity contribution in [3.8, 4) is 44.5 Å². The van der Waals surface area contributed by atoms with Gasteiger partial charge in [0.15, 0.2) is 10.9 Å². The Bertz CT molecular complexity index is 2740. The van der Waals surface area contributed by atoms with Gasteiger partial charge in [-0.3, -0.25) is 9.59 Å². The summed E-state index contributed by atoms with van der Waals surface area (Å²) in [5, 5.41) is 2.30. The number of rotatable bonds is 6. The molecule has 51 heavy (non-hydrogen) atoms. The number of pyridine rings is 2. The van der Waals surface area contributed by atoms with E-state index >= 15 is 0 Å². The molecule has 0 atom stereocenters. The van der Waals surface area contributed by atoms with Crippen LogP contribution in [0.25, 0.3) is 94.8 Å². The highest BCUT2D eigenvalue weighted by molar-refractivity contribution is 6.17. The van der Waals surface area contributed by atoms with Crippen LogP contribution in [0.15, 0.2) is 174 Å². The number of benzene rings is 7. The van der Waals surface area contributed by atoms with E-state index in [-0.39, 0.29) is 10.9 Å². The molecule has 0 aliphatic heterocycles. The first-order chi connectivity index (χ1) is 25.0. The molecule has 9 rings (SSSR count). The van der Waals surface area contributed by atoms with Gasteiger partial charge in [0.1, 0.15) is 0 Å². The van der Waals surface area contributed by atoms with Crippen molar-refractivity contribution in [1.82, 2.24) is 4.40 Å². The third-order valence-electron chi connectivity index (χ3n) is 10.1. The van der Waals surface area contributed by atoms with E-state index < -0.39 is 0 Å². The molecule has 0 aliphatic rings. The molecule has 3 nitrogen and oxygen atoms in total. The fraction of sp³-hybridized carbons (Fsp3) is 0. The van der Waals surface area contributed by atoms with Crippen molar-refractivity contribution in [2.75, 3.05) is 0 Å². The molecule has 0 saturated heterocycles. The molecule has 9 aromatic rings. The molecular weight excluding hydrogens is 623 g/mol. The van der Waals surface area contributed by atoms with E-state index in [0.29, 0.717) is 27.1 Å². The van der Waals surface area contributed by atoms with Crippen LogP contribution in [-0.2, 0) is 0 Å². The van der Waals surface area contributed by atoms with Gasteiger partial charge in [0, 0.05) is 10.8 Å². The number of nitrogens with zero attached hydrogens (tertiary/aromatic N) is 1. The number of hydrogen-bond donors (Lipinski definition) is 0. The number of aromatic nitrogens is 1. The minimum atomic E-state index is -0.0887. The Balaban J connectivity index is 1.35. The van der Waals surface area contributed by atoms with Gasteiger partial charge in [-0.15, -0.1) is 0 Å². The van der Waals surface area contributed by atoms with Gasteiger partial charge in [0.05, 0.1) is 27.3 Å². The SMILES string of the molecule is C=Cc1ccc(-c2ccc(-c3cc(-c4ccc(-c5ccc(C=C)cc5)cc4)c4c(=O)c5ccccc5n5c6ccccc6c(=O)c3c45)cc2)cc1. The maximum Gasteiger partial charge on any atom is 0.197 e. The van der Waals surface area contributed by atoms with Gasteiger partial charge in [-0.05, 0) is 86.0 Å². The summed E-state index contributed by atoms with van der Waals surface area (Å²) in [4.78, 5) is 29.3. The molecular formula is C48H31NO2. The van der Waals surface area contributed by atoms with Gasteiger partial charge in [0.25, 0.3) is 0 Å². The second-order valence-electron chi connectivity index (χ2n) is 12.9. The lowest BCUT2D eigenvalue weighted by molar-refractivity contribution is 1.31. The zero-order chi connectivity index (χ0) is 34.6. The van der Waals surface area contributed by atoms with Gasteiger partial charge in [-0.1, -0.05) is 147 Å². The average Bonchev–Trinajstić information content (AvgIpc) is 3.20. The molecule has 3 heteroatoms. The highest BCUT2D eigenvalue weighted by Gasteiger charge is 2.23. The van der Waals surface area contributed by atoms with Gasteiger partial charge >= 0.3 is 0 Å². The van der Waals surface area contributed by atoms with E-state index in [1.165, 1.54) is 0 Å². The lowest BCUT2D eigenvalue weighted by atomic mass is 9.88. The lowest BCUT2D eigenvalue weighted by Gasteiger charge is -2.20. The van der Waals surface area contributed by atoms with Crippen LogP contribution in [0.5, 0.6) is 0 Å². The smallest absolute Gasteiger partial charge is 0.197 e. The summed E-state index contributed by atoms with van der Waals surface area (Å²) < 4.78 is 2.12. The molecule has 0 bridgehead atoms. The number of para-hydroxylation sites is 2. The Morgan fingerprint density at radius 3 is 1.12 bits per heavy atom. The van der Waals surface area contributed by atoms with E-state index in [1.807, 2.05) is 66.7 Å². The summed E-state index contributed by atoms with van der Waals surface area (Å²) in [5.74, 6) is 0. The minimum Gasteiger partial charge on any atom is -0.307 e. The molecule has 0 radical (unpaired) electrons. The van der Waals surface area contributed by atoms with Crippen LogP contribution < -0.4 is 10.9 Å². The van der Waals surface area contributed by atoms with E-state index in [1.54, 1.807) is 0 Å². The predicted molar refractivity (Wildman–Crippen MR) is 216 cm³/mol. The fourth-order valence-corrected chi connectivity index (χ4v) is 7.48. The molecule has 0 spiro atoms. The predicted octanol–water partition coefficient (Wildman–Crippen LogP) is 11.5. The molecule has 0 unspecified atom stereocenters. The fourth-order valence-electron chi connectivity index (χ4n) is 7.48. The first kappa shape index (κ1) is 30.2. The topological polar surface area (TPSA) is 38.5 Å². The standard InChI is InChI=1S/C48H31NO2/c1-3-30-13-17-32(18-14-30)34-21-25-36(26-22-34)40-29-41(37-27-23-35(24-28-37)33-19-15-31(4-2)16-20-33)45-46-44(40)47(50)38-9-5-7-11-42(38)49(46)43-12-8-6-10-39(43)48(45)51/h3-29H,1-2H2. The van der Waals surface area contributed by atoms with Crippen LogP contribution in [0.2, 0.25) is 0 Å². The van der Waals surface area contributed by atoms with E-state index in [2.05, 4.69) is 115 Å². The highest BCUT2D eigenvalue weighted by Crippen LogP contribution is 2.40. The van der Waals surface area contributed by atoms with Gasteiger partial charge in [0.2, 0.25) is 0 Å². The first-order valence-corrected chi connectivity index (χ1v) is 17.0. The Morgan fingerprint density at radius 1 is 0.412 bits per heavy atom. The second-order valence-corrected chi connectivity index (χ2v) is 12.9. The molecule has 7 aromatic carbocycles. The Kier molecular flexibility index (Phi) is 7.08. The van der Waals surface area contributed by atoms with Crippen molar-refractivity contribution in [3.63, 3.8) is 0 Å². The maximum absolute atomic E-state index is 14.7. The highest BCUT2D eigenvalue weighted by atomic mass is 16.1. The number of fused-ring (bicyclic) bond motifs is 4. The zero-order valence-electron chi connectivity index (χ0n) is 27.8. The Labute approximate surface area is 294 Å². The molecule has 2 aromatic heterocycles. The zero-order valence-corrected chi connectivity index (χ0v) is 27.8. The summed E-state index contributed by atoms with van der Waals surface area (Å²) in [6, 6.07) is 50.7. The van der Waals surface area contributed by atoms with Crippen LogP contribution in [0, 0.1) is 0 Å². The molecule has 240 valence electrons. The van der Waals surface area contributed by atoms with Crippen molar-refractivity contribution in [2.24, 2.45) is 0 Å². The molecule has 2 heterocycles. The quantitative estimate of drug-likeness (QED) is 0.132. The monoisotopic (exact) mass is 653 g/mol. The van der Waals surface area contributed by atoms with E-state index in [9.17, 15) is 9.59 Å².